The highest BCUT2D eigenvalue weighted by molar-refractivity contribution is 8.93. The average molecular weight is 470 g/mol. The van der Waals surface area contributed by atoms with Gasteiger partial charge in [-0.15, -0.1) is 23.6 Å². The van der Waals surface area contributed by atoms with Gasteiger partial charge in [-0.1, -0.05) is 24.3 Å². The summed E-state index contributed by atoms with van der Waals surface area (Å²) in [5.41, 5.74) is 10.6. The molecule has 4 rings (SSSR count). The summed E-state index contributed by atoms with van der Waals surface area (Å²) in [5.74, 6) is 1.10. The number of nitrogens with zero attached hydrogens (tertiary/aromatic N) is 4. The van der Waals surface area contributed by atoms with Gasteiger partial charge in [-0.25, -0.2) is 4.98 Å². The highest BCUT2D eigenvalue weighted by atomic mass is 79.9. The van der Waals surface area contributed by atoms with Crippen molar-refractivity contribution in [2.45, 2.75) is 51.2 Å². The van der Waals surface area contributed by atoms with E-state index in [1.54, 1.807) is 0 Å². The second kappa shape index (κ2) is 10.8. The average Bonchev–Trinajstić information content (AvgIpc) is 3.10. The van der Waals surface area contributed by atoms with E-state index in [4.69, 9.17) is 15.7 Å². The number of nitrogens with two attached hydrogens (primary N) is 1. The third kappa shape index (κ3) is 4.82. The van der Waals surface area contributed by atoms with Gasteiger partial charge in [0.15, 0.2) is 0 Å². The molecule has 2 aromatic heterocycles. The zero-order valence-corrected chi connectivity index (χ0v) is 19.3. The normalized spacial score (nSPS) is 15.7. The molecular formula is C24H32BrN5. The van der Waals surface area contributed by atoms with Crippen molar-refractivity contribution >= 4 is 28.0 Å². The molecular weight excluding hydrogens is 438 g/mol. The van der Waals surface area contributed by atoms with E-state index in [0.29, 0.717) is 6.04 Å². The van der Waals surface area contributed by atoms with Gasteiger partial charge in [0.1, 0.15) is 5.82 Å². The highest BCUT2D eigenvalue weighted by Gasteiger charge is 2.28. The molecule has 1 unspecified atom stereocenters. The number of fused-ring (bicyclic) bond motifs is 2. The van der Waals surface area contributed by atoms with Gasteiger partial charge in [-0.05, 0) is 69.0 Å². The Balaban J connectivity index is 0.00000256. The van der Waals surface area contributed by atoms with Gasteiger partial charge in [0.25, 0.3) is 0 Å². The summed E-state index contributed by atoms with van der Waals surface area (Å²) < 4.78 is 2.29. The summed E-state index contributed by atoms with van der Waals surface area (Å²) in [6, 6.07) is 13.0. The molecule has 2 N–H and O–H groups in total. The van der Waals surface area contributed by atoms with Gasteiger partial charge in [0.2, 0.25) is 0 Å². The largest absolute Gasteiger partial charge is 0.330 e. The Labute approximate surface area is 189 Å². The molecule has 1 atom stereocenters. The first-order valence-corrected chi connectivity index (χ1v) is 10.7. The molecule has 0 fully saturated rings. The summed E-state index contributed by atoms with van der Waals surface area (Å²) in [4.78, 5) is 12.3. The molecule has 30 heavy (non-hydrogen) atoms. The summed E-state index contributed by atoms with van der Waals surface area (Å²) in [7, 11) is 0. The SMILES string of the molecule is Br.C=CCn1c(CN(CCCCN)C2CCCc3cccnc32)nc2ccccc21. The number of halogens is 1. The maximum atomic E-state index is 5.78. The van der Waals surface area contributed by atoms with Crippen molar-refractivity contribution in [2.24, 2.45) is 5.73 Å². The Kier molecular flexibility index (Phi) is 8.19. The molecule has 0 aliphatic heterocycles. The third-order valence-corrected chi connectivity index (χ3v) is 5.90. The monoisotopic (exact) mass is 469 g/mol. The molecule has 160 valence electrons. The summed E-state index contributed by atoms with van der Waals surface area (Å²) in [5, 5.41) is 0. The van der Waals surface area contributed by atoms with Gasteiger partial charge < -0.3 is 10.3 Å². The highest BCUT2D eigenvalue weighted by Crippen LogP contribution is 2.34. The summed E-state index contributed by atoms with van der Waals surface area (Å²) in [6.45, 7) is 7.29. The van der Waals surface area contributed by atoms with E-state index in [0.717, 1.165) is 63.2 Å². The Morgan fingerprint density at radius 3 is 2.90 bits per heavy atom. The van der Waals surface area contributed by atoms with Gasteiger partial charge in [0, 0.05) is 12.7 Å². The predicted molar refractivity (Wildman–Crippen MR) is 129 cm³/mol. The van der Waals surface area contributed by atoms with E-state index in [2.05, 4.69) is 52.4 Å². The minimum absolute atomic E-state index is 0. The van der Waals surface area contributed by atoms with Gasteiger partial charge >= 0.3 is 0 Å². The Morgan fingerprint density at radius 2 is 2.07 bits per heavy atom. The number of hydrogen-bond donors (Lipinski definition) is 1. The van der Waals surface area contributed by atoms with Crippen LogP contribution in [0.5, 0.6) is 0 Å². The van der Waals surface area contributed by atoms with E-state index in [1.165, 1.54) is 23.2 Å². The number of unbranched alkanes of at least 4 members (excludes halogenated alkanes) is 1. The van der Waals surface area contributed by atoms with Crippen LogP contribution in [0, 0.1) is 0 Å². The minimum Gasteiger partial charge on any atom is -0.330 e. The number of hydrogen-bond acceptors (Lipinski definition) is 4. The number of aromatic nitrogens is 3. The van der Waals surface area contributed by atoms with E-state index in [1.807, 2.05) is 12.3 Å². The fourth-order valence-corrected chi connectivity index (χ4v) is 4.51. The number of para-hydroxylation sites is 2. The first-order chi connectivity index (χ1) is 14.3. The predicted octanol–water partition coefficient (Wildman–Crippen LogP) is 4.81. The Hall–Kier alpha value is -2.02. The van der Waals surface area contributed by atoms with Gasteiger partial charge in [0.05, 0.1) is 29.3 Å². The quantitative estimate of drug-likeness (QED) is 0.360. The number of pyridine rings is 1. The maximum Gasteiger partial charge on any atom is 0.124 e. The molecule has 1 aliphatic rings. The molecule has 2 heterocycles. The van der Waals surface area contributed by atoms with Crippen molar-refractivity contribution in [3.63, 3.8) is 0 Å². The zero-order chi connectivity index (χ0) is 20.1. The summed E-state index contributed by atoms with van der Waals surface area (Å²) >= 11 is 0. The number of rotatable bonds is 9. The number of benzene rings is 1. The van der Waals surface area contributed by atoms with Crippen molar-refractivity contribution in [1.82, 2.24) is 19.4 Å². The Bertz CT molecular complexity index is 967. The molecule has 5 nitrogen and oxygen atoms in total. The maximum absolute atomic E-state index is 5.78. The topological polar surface area (TPSA) is 60.0 Å². The van der Waals surface area contributed by atoms with Crippen LogP contribution in [-0.2, 0) is 19.5 Å². The fourth-order valence-electron chi connectivity index (χ4n) is 4.51. The van der Waals surface area contributed by atoms with Crippen LogP contribution in [0.2, 0.25) is 0 Å². The molecule has 6 heteroatoms. The van der Waals surface area contributed by atoms with E-state index in [9.17, 15) is 0 Å². The smallest absolute Gasteiger partial charge is 0.124 e. The van der Waals surface area contributed by atoms with Crippen LogP contribution in [-0.4, -0.2) is 32.5 Å². The van der Waals surface area contributed by atoms with Gasteiger partial charge in [-0.2, -0.15) is 0 Å². The van der Waals surface area contributed by atoms with Crippen LogP contribution in [0.25, 0.3) is 11.0 Å². The first kappa shape index (κ1) is 22.7. The molecule has 3 aromatic rings. The van der Waals surface area contributed by atoms with E-state index in [-0.39, 0.29) is 17.0 Å². The van der Waals surface area contributed by atoms with E-state index < -0.39 is 0 Å². The summed E-state index contributed by atoms with van der Waals surface area (Å²) in [6.07, 6.45) is 9.51. The Morgan fingerprint density at radius 1 is 1.20 bits per heavy atom. The molecule has 0 amide bonds. The second-order valence-corrected chi connectivity index (χ2v) is 7.84. The van der Waals surface area contributed by atoms with Gasteiger partial charge in [-0.3, -0.25) is 9.88 Å². The molecule has 1 aromatic carbocycles. The zero-order valence-electron chi connectivity index (χ0n) is 17.5. The van der Waals surface area contributed by atoms with Crippen molar-refractivity contribution in [2.75, 3.05) is 13.1 Å². The lowest BCUT2D eigenvalue weighted by molar-refractivity contribution is 0.157. The molecule has 0 bridgehead atoms. The van der Waals surface area contributed by atoms with Crippen LogP contribution < -0.4 is 5.73 Å². The lowest BCUT2D eigenvalue weighted by atomic mass is 9.90. The van der Waals surface area contributed by atoms with Crippen LogP contribution >= 0.6 is 17.0 Å². The van der Waals surface area contributed by atoms with Crippen LogP contribution in [0.3, 0.4) is 0 Å². The lowest BCUT2D eigenvalue weighted by Gasteiger charge is -2.35. The number of imidazole rings is 1. The van der Waals surface area contributed by atoms with Crippen molar-refractivity contribution in [1.29, 1.82) is 0 Å². The molecule has 0 saturated heterocycles. The molecule has 1 aliphatic carbocycles. The van der Waals surface area contributed by atoms with E-state index >= 15 is 0 Å². The van der Waals surface area contributed by atoms with Crippen molar-refractivity contribution < 1.29 is 0 Å². The lowest BCUT2D eigenvalue weighted by Crippen LogP contribution is -2.33. The minimum atomic E-state index is 0. The number of aryl methyl sites for hydroxylation is 1. The van der Waals surface area contributed by atoms with Crippen LogP contribution in [0.1, 0.15) is 48.8 Å². The molecule has 0 radical (unpaired) electrons. The molecule has 0 spiro atoms. The van der Waals surface area contributed by atoms with Crippen LogP contribution in [0.4, 0.5) is 0 Å². The number of allylic oxidation sites excluding steroid dienone is 1. The standard InChI is InChI=1S/C24H31N5.BrH/c1-2-16-29-21-12-4-3-11-20(21)27-23(29)18-28(17-6-5-14-25)22-13-7-9-19-10-8-15-26-24(19)22;/h2-4,8,10-12,15,22H,1,5-7,9,13-14,16-18,25H2;1H. The fraction of sp³-hybridized carbons (Fsp3) is 0.417. The van der Waals surface area contributed by atoms with Crippen molar-refractivity contribution in [3.05, 3.63) is 72.3 Å². The van der Waals surface area contributed by atoms with Crippen molar-refractivity contribution in [3.8, 4) is 0 Å². The molecule has 0 saturated carbocycles. The first-order valence-electron chi connectivity index (χ1n) is 10.7. The second-order valence-electron chi connectivity index (χ2n) is 7.84. The third-order valence-electron chi connectivity index (χ3n) is 5.90. The van der Waals surface area contributed by atoms with Crippen LogP contribution in [0.15, 0.2) is 55.3 Å².